The van der Waals surface area contributed by atoms with Crippen molar-refractivity contribution < 1.29 is 14.6 Å². The maximum atomic E-state index is 11.3. The molecule has 1 fully saturated rings. The average molecular weight is 281 g/mol. The summed E-state index contributed by atoms with van der Waals surface area (Å²) >= 11 is 1.49. The van der Waals surface area contributed by atoms with Gasteiger partial charge in [0, 0.05) is 24.7 Å². The second-order valence-corrected chi connectivity index (χ2v) is 5.52. The van der Waals surface area contributed by atoms with Crippen LogP contribution in [0.3, 0.4) is 0 Å². The molecule has 6 nitrogen and oxygen atoms in total. The van der Waals surface area contributed by atoms with Gasteiger partial charge in [-0.1, -0.05) is 0 Å². The molecule has 0 amide bonds. The Kier molecular flexibility index (Phi) is 3.26. The molecular weight excluding hydrogens is 266 g/mol. The van der Waals surface area contributed by atoms with Gasteiger partial charge in [-0.05, 0) is 6.92 Å². The molecule has 0 aliphatic carbocycles. The number of rotatable bonds is 3. The summed E-state index contributed by atoms with van der Waals surface area (Å²) in [5.41, 5.74) is 0.557. The Balaban J connectivity index is 1.98. The molecule has 3 heterocycles. The summed E-state index contributed by atoms with van der Waals surface area (Å²) in [6.45, 7) is 3.14. The first-order valence-electron chi connectivity index (χ1n) is 6.15. The first-order chi connectivity index (χ1) is 9.22. The van der Waals surface area contributed by atoms with Gasteiger partial charge >= 0.3 is 0 Å². The highest BCUT2D eigenvalue weighted by Crippen LogP contribution is 2.26. The number of carbonyl (C=O) groups is 1. The molecule has 0 radical (unpaired) electrons. The van der Waals surface area contributed by atoms with Crippen LogP contribution in [0.4, 0.5) is 5.82 Å². The van der Waals surface area contributed by atoms with E-state index in [9.17, 15) is 9.90 Å². The van der Waals surface area contributed by atoms with Crippen LogP contribution < -0.4 is 4.90 Å². The number of aldehydes is 1. The topological polar surface area (TPSA) is 67.1 Å². The SMILES string of the molecule is CC1CN(c2nc3sccn3c2C=O)CC(CO)O1. The fourth-order valence-electron chi connectivity index (χ4n) is 2.45. The molecule has 0 aromatic carbocycles. The molecule has 2 aromatic rings. The molecule has 102 valence electrons. The minimum atomic E-state index is -0.233. The minimum Gasteiger partial charge on any atom is -0.394 e. The second-order valence-electron chi connectivity index (χ2n) is 4.65. The minimum absolute atomic E-state index is 0.00476. The summed E-state index contributed by atoms with van der Waals surface area (Å²) < 4.78 is 7.40. The molecule has 1 aliphatic rings. The van der Waals surface area contributed by atoms with E-state index in [4.69, 9.17) is 4.74 Å². The van der Waals surface area contributed by atoms with Crippen molar-refractivity contribution in [3.63, 3.8) is 0 Å². The van der Waals surface area contributed by atoms with Crippen molar-refractivity contribution in [2.24, 2.45) is 0 Å². The van der Waals surface area contributed by atoms with Gasteiger partial charge in [0.15, 0.2) is 17.1 Å². The number of aromatic nitrogens is 2. The fraction of sp³-hybridized carbons (Fsp3) is 0.500. The zero-order valence-corrected chi connectivity index (χ0v) is 11.3. The molecule has 1 N–H and O–H groups in total. The number of ether oxygens (including phenoxy) is 1. The Morgan fingerprint density at radius 1 is 1.63 bits per heavy atom. The highest BCUT2D eigenvalue weighted by molar-refractivity contribution is 7.15. The maximum Gasteiger partial charge on any atom is 0.196 e. The van der Waals surface area contributed by atoms with E-state index in [2.05, 4.69) is 4.98 Å². The fourth-order valence-corrected chi connectivity index (χ4v) is 3.17. The summed E-state index contributed by atoms with van der Waals surface area (Å²) in [6.07, 6.45) is 2.44. The molecule has 0 saturated carbocycles. The van der Waals surface area contributed by atoms with Gasteiger partial charge in [-0.3, -0.25) is 9.20 Å². The van der Waals surface area contributed by atoms with Crippen LogP contribution in [0, 0.1) is 0 Å². The Bertz CT molecular complexity index is 594. The summed E-state index contributed by atoms with van der Waals surface area (Å²) in [5.74, 6) is 0.676. The molecule has 19 heavy (non-hydrogen) atoms. The van der Waals surface area contributed by atoms with Gasteiger partial charge < -0.3 is 14.7 Å². The monoisotopic (exact) mass is 281 g/mol. The molecule has 2 aromatic heterocycles. The van der Waals surface area contributed by atoms with Gasteiger partial charge in [0.05, 0.1) is 18.8 Å². The molecule has 1 saturated heterocycles. The van der Waals surface area contributed by atoms with E-state index in [1.807, 2.05) is 23.4 Å². The Morgan fingerprint density at radius 3 is 3.21 bits per heavy atom. The lowest BCUT2D eigenvalue weighted by Gasteiger charge is -2.36. The number of imidazole rings is 1. The molecule has 0 spiro atoms. The molecule has 2 atom stereocenters. The number of aliphatic hydroxyl groups is 1. The van der Waals surface area contributed by atoms with Gasteiger partial charge in [-0.25, -0.2) is 4.98 Å². The molecule has 1 aliphatic heterocycles. The van der Waals surface area contributed by atoms with Gasteiger partial charge in [-0.15, -0.1) is 11.3 Å². The van der Waals surface area contributed by atoms with Crippen LogP contribution in [-0.4, -0.2) is 52.7 Å². The predicted molar refractivity (Wildman–Crippen MR) is 72.1 cm³/mol. The van der Waals surface area contributed by atoms with E-state index in [1.165, 1.54) is 11.3 Å². The highest BCUT2D eigenvalue weighted by Gasteiger charge is 2.28. The molecule has 2 unspecified atom stereocenters. The van der Waals surface area contributed by atoms with Gasteiger partial charge in [0.1, 0.15) is 5.69 Å². The van der Waals surface area contributed by atoms with Crippen LogP contribution in [0.5, 0.6) is 0 Å². The number of hydrogen-bond acceptors (Lipinski definition) is 6. The van der Waals surface area contributed by atoms with Crippen molar-refractivity contribution in [3.8, 4) is 0 Å². The number of carbonyl (C=O) groups excluding carboxylic acids is 1. The number of hydrogen-bond donors (Lipinski definition) is 1. The lowest BCUT2D eigenvalue weighted by molar-refractivity contribution is -0.0423. The average Bonchev–Trinajstić information content (AvgIpc) is 2.97. The van der Waals surface area contributed by atoms with E-state index in [-0.39, 0.29) is 18.8 Å². The summed E-state index contributed by atoms with van der Waals surface area (Å²) in [4.78, 5) is 18.6. The molecule has 0 bridgehead atoms. The first kappa shape index (κ1) is 12.6. The molecular formula is C12H15N3O3S. The Hall–Kier alpha value is -1.44. The van der Waals surface area contributed by atoms with Gasteiger partial charge in [0.2, 0.25) is 0 Å². The first-order valence-corrected chi connectivity index (χ1v) is 7.03. The van der Waals surface area contributed by atoms with E-state index in [1.54, 1.807) is 4.40 Å². The van der Waals surface area contributed by atoms with Crippen molar-refractivity contribution in [2.75, 3.05) is 24.6 Å². The van der Waals surface area contributed by atoms with Crippen LogP contribution >= 0.6 is 11.3 Å². The molecule has 7 heteroatoms. The van der Waals surface area contributed by atoms with Crippen LogP contribution in [0.1, 0.15) is 17.4 Å². The van der Waals surface area contributed by atoms with Crippen molar-refractivity contribution in [1.82, 2.24) is 9.38 Å². The lowest BCUT2D eigenvalue weighted by atomic mass is 10.2. The summed E-state index contributed by atoms with van der Waals surface area (Å²) in [6, 6.07) is 0. The van der Waals surface area contributed by atoms with Crippen LogP contribution in [0.15, 0.2) is 11.6 Å². The zero-order valence-electron chi connectivity index (χ0n) is 10.5. The van der Waals surface area contributed by atoms with Crippen molar-refractivity contribution in [3.05, 3.63) is 17.3 Å². The maximum absolute atomic E-state index is 11.3. The number of thiazole rings is 1. The van der Waals surface area contributed by atoms with Crippen LogP contribution in [0.25, 0.3) is 4.96 Å². The quantitative estimate of drug-likeness (QED) is 0.843. The van der Waals surface area contributed by atoms with Gasteiger partial charge in [0.25, 0.3) is 0 Å². The summed E-state index contributed by atoms with van der Waals surface area (Å²) in [5, 5.41) is 11.2. The Morgan fingerprint density at radius 2 is 2.47 bits per heavy atom. The number of morpholine rings is 1. The zero-order chi connectivity index (χ0) is 13.4. The van der Waals surface area contributed by atoms with Crippen molar-refractivity contribution >= 4 is 28.4 Å². The van der Waals surface area contributed by atoms with Crippen molar-refractivity contribution in [2.45, 2.75) is 19.1 Å². The number of anilines is 1. The van der Waals surface area contributed by atoms with E-state index in [0.717, 1.165) is 11.2 Å². The third-order valence-electron chi connectivity index (χ3n) is 3.22. The number of nitrogens with zero attached hydrogens (tertiary/aromatic N) is 3. The largest absolute Gasteiger partial charge is 0.394 e. The summed E-state index contributed by atoms with van der Waals surface area (Å²) in [7, 11) is 0. The highest BCUT2D eigenvalue weighted by atomic mass is 32.1. The second kappa shape index (κ2) is 4.92. The van der Waals surface area contributed by atoms with E-state index in [0.29, 0.717) is 24.6 Å². The lowest BCUT2D eigenvalue weighted by Crippen LogP contribution is -2.48. The van der Waals surface area contributed by atoms with Crippen molar-refractivity contribution in [1.29, 1.82) is 0 Å². The van der Waals surface area contributed by atoms with Crippen LogP contribution in [-0.2, 0) is 4.74 Å². The third kappa shape index (κ3) is 2.13. The van der Waals surface area contributed by atoms with Crippen LogP contribution in [0.2, 0.25) is 0 Å². The van der Waals surface area contributed by atoms with E-state index >= 15 is 0 Å². The molecule has 3 rings (SSSR count). The van der Waals surface area contributed by atoms with E-state index < -0.39 is 0 Å². The van der Waals surface area contributed by atoms with Gasteiger partial charge in [-0.2, -0.15) is 0 Å². The number of fused-ring (bicyclic) bond motifs is 1. The Labute approximate surface area is 114 Å². The third-order valence-corrected chi connectivity index (χ3v) is 3.98. The predicted octanol–water partition coefficient (Wildman–Crippen LogP) is 0.794. The smallest absolute Gasteiger partial charge is 0.196 e. The normalized spacial score (nSPS) is 24.0. The standard InChI is InChI=1S/C12H15N3O3S/c1-8-4-14(5-9(6-16)18-8)11-10(7-17)15-2-3-19-12(15)13-11/h2-3,7-9,16H,4-6H2,1H3. The number of aliphatic hydroxyl groups excluding tert-OH is 1.